The highest BCUT2D eigenvalue weighted by atomic mass is 32.1. The molecule has 3 aromatic heterocycles. The summed E-state index contributed by atoms with van der Waals surface area (Å²) in [7, 11) is 0. The molecule has 2 aromatic carbocycles. The molecular formula is C30H21F3N4O4S. The number of ether oxygens (including phenoxy) is 2. The number of rotatable bonds is 9. The Morgan fingerprint density at radius 1 is 1.12 bits per heavy atom. The number of nitrogens with zero attached hydrogens (tertiary/aromatic N) is 4. The molecule has 1 saturated heterocycles. The number of fused-ring (bicyclic) bond motifs is 1. The van der Waals surface area contributed by atoms with Crippen LogP contribution in [0.4, 0.5) is 18.2 Å². The van der Waals surface area contributed by atoms with Crippen molar-refractivity contribution in [2.24, 2.45) is 0 Å². The van der Waals surface area contributed by atoms with E-state index < -0.39 is 23.4 Å². The molecule has 0 aliphatic carbocycles. The van der Waals surface area contributed by atoms with E-state index in [2.05, 4.69) is 14.8 Å². The lowest BCUT2D eigenvalue weighted by atomic mass is 10.0. The molecule has 12 heteroatoms. The fourth-order valence-electron chi connectivity index (χ4n) is 4.71. The number of pyridine rings is 1. The van der Waals surface area contributed by atoms with E-state index in [1.807, 2.05) is 0 Å². The number of carboxylic acid groups (broad SMARTS) is 1. The molecular weight excluding hydrogens is 569 g/mol. The Labute approximate surface area is 241 Å². The third kappa shape index (κ3) is 5.44. The first-order valence-corrected chi connectivity index (χ1v) is 13.7. The molecule has 1 fully saturated rings. The van der Waals surface area contributed by atoms with Gasteiger partial charge in [0.2, 0.25) is 5.88 Å². The number of aromatic carboxylic acids is 1. The Bertz CT molecular complexity index is 1880. The Morgan fingerprint density at radius 2 is 1.95 bits per heavy atom. The van der Waals surface area contributed by atoms with Crippen LogP contribution in [0.15, 0.2) is 54.6 Å². The van der Waals surface area contributed by atoms with Crippen LogP contribution in [0.2, 0.25) is 0 Å². The summed E-state index contributed by atoms with van der Waals surface area (Å²) in [4.78, 5) is 24.0. The molecule has 42 heavy (non-hydrogen) atoms. The van der Waals surface area contributed by atoms with Gasteiger partial charge in [0, 0.05) is 29.5 Å². The summed E-state index contributed by atoms with van der Waals surface area (Å²) >= 11 is 0.966. The smallest absolute Gasteiger partial charge is 0.335 e. The number of halogens is 3. The second-order valence-electron chi connectivity index (χ2n) is 9.66. The van der Waals surface area contributed by atoms with E-state index in [4.69, 9.17) is 16.0 Å². The summed E-state index contributed by atoms with van der Waals surface area (Å²) < 4.78 is 57.5. The average Bonchev–Trinajstić information content (AvgIpc) is 3.49. The van der Waals surface area contributed by atoms with Gasteiger partial charge in [0.1, 0.15) is 29.9 Å². The van der Waals surface area contributed by atoms with Crippen molar-refractivity contribution in [3.05, 3.63) is 105 Å². The summed E-state index contributed by atoms with van der Waals surface area (Å²) in [6, 6.07) is 12.6. The van der Waals surface area contributed by atoms with Crippen LogP contribution >= 0.6 is 11.3 Å². The van der Waals surface area contributed by atoms with Gasteiger partial charge >= 0.3 is 5.97 Å². The highest BCUT2D eigenvalue weighted by molar-refractivity contribution is 7.16. The molecule has 1 atom stereocenters. The first kappa shape index (κ1) is 27.4. The standard InChI is InChI=1S/C30H21F3N4O4S/c1-34-29-23(33)12-19(42-29)15-41-28-4-2-3-24(36-28)20-13-21(31)17(9-22(20)32)11-27-35-25-6-5-16(30(38)39)10-26(25)37(27)14-18-7-8-40-18/h2-6,9-10,12-13,18H,7-8,11,14-15H2,(H,38,39)/t18-/m0/s1. The zero-order valence-corrected chi connectivity index (χ0v) is 22.6. The molecule has 1 aliphatic rings. The fourth-order valence-corrected chi connectivity index (χ4v) is 5.44. The van der Waals surface area contributed by atoms with Crippen LogP contribution in [0.5, 0.6) is 5.88 Å². The van der Waals surface area contributed by atoms with E-state index in [9.17, 15) is 14.3 Å². The molecule has 4 heterocycles. The van der Waals surface area contributed by atoms with E-state index in [0.717, 1.165) is 29.9 Å². The summed E-state index contributed by atoms with van der Waals surface area (Å²) in [6.45, 7) is 7.97. The summed E-state index contributed by atoms with van der Waals surface area (Å²) in [5.41, 5.74) is 1.37. The van der Waals surface area contributed by atoms with Gasteiger partial charge in [-0.3, -0.25) is 0 Å². The third-order valence-corrected chi connectivity index (χ3v) is 7.90. The molecule has 5 aromatic rings. The molecule has 0 spiro atoms. The second-order valence-corrected chi connectivity index (χ2v) is 10.8. The van der Waals surface area contributed by atoms with Gasteiger partial charge in [-0.2, -0.15) is 11.3 Å². The highest BCUT2D eigenvalue weighted by Gasteiger charge is 2.24. The van der Waals surface area contributed by atoms with Crippen molar-refractivity contribution in [1.29, 1.82) is 0 Å². The molecule has 0 saturated carbocycles. The molecule has 6 rings (SSSR count). The van der Waals surface area contributed by atoms with Gasteiger partial charge in [-0.15, -0.1) is 0 Å². The van der Waals surface area contributed by atoms with Gasteiger partial charge in [-0.05, 0) is 54.4 Å². The van der Waals surface area contributed by atoms with Crippen molar-refractivity contribution in [3.8, 4) is 17.1 Å². The Kier molecular flexibility index (Phi) is 7.36. The van der Waals surface area contributed by atoms with Gasteiger partial charge in [0.05, 0.1) is 41.5 Å². The van der Waals surface area contributed by atoms with Gasteiger partial charge in [-0.25, -0.2) is 32.8 Å². The first-order chi connectivity index (χ1) is 20.3. The van der Waals surface area contributed by atoms with Crippen LogP contribution in [0.1, 0.15) is 33.0 Å². The number of carbonyl (C=O) groups is 1. The summed E-state index contributed by atoms with van der Waals surface area (Å²) in [6.07, 6.45) is 0.720. The highest BCUT2D eigenvalue weighted by Crippen LogP contribution is 2.31. The van der Waals surface area contributed by atoms with Crippen LogP contribution in [0, 0.1) is 24.0 Å². The molecule has 1 aliphatic heterocycles. The van der Waals surface area contributed by atoms with Gasteiger partial charge in [0.25, 0.3) is 5.00 Å². The quantitative estimate of drug-likeness (QED) is 0.190. The fraction of sp³-hybridized carbons (Fsp3) is 0.200. The van der Waals surface area contributed by atoms with E-state index in [1.165, 1.54) is 30.3 Å². The predicted molar refractivity (Wildman–Crippen MR) is 148 cm³/mol. The van der Waals surface area contributed by atoms with Crippen LogP contribution in [0.25, 0.3) is 27.1 Å². The molecule has 0 radical (unpaired) electrons. The lowest BCUT2D eigenvalue weighted by molar-refractivity contribution is -0.0589. The van der Waals surface area contributed by atoms with Crippen LogP contribution in [-0.4, -0.2) is 38.3 Å². The largest absolute Gasteiger partial charge is 0.478 e. The SMILES string of the molecule is [C-]#[N+]c1sc(COc2cccc(-c3cc(F)c(Cc4nc5ccc(C(=O)O)cc5n4C[C@@H]4CCO4)cc3F)n2)cc1F. The number of hydrogen-bond donors (Lipinski definition) is 1. The molecule has 0 bridgehead atoms. The van der Waals surface area contributed by atoms with Crippen molar-refractivity contribution >= 4 is 33.3 Å². The second kappa shape index (κ2) is 11.3. The molecule has 0 unspecified atom stereocenters. The number of thiophene rings is 1. The topological polar surface area (TPSA) is 90.8 Å². The first-order valence-electron chi connectivity index (χ1n) is 12.9. The normalized spacial score (nSPS) is 14.5. The lowest BCUT2D eigenvalue weighted by Crippen LogP contribution is -2.31. The predicted octanol–water partition coefficient (Wildman–Crippen LogP) is 6.78. The minimum Gasteiger partial charge on any atom is -0.478 e. The van der Waals surface area contributed by atoms with Gasteiger partial charge in [-0.1, -0.05) is 6.07 Å². The molecule has 212 valence electrons. The van der Waals surface area contributed by atoms with Crippen LogP contribution in [0.3, 0.4) is 0 Å². The zero-order valence-electron chi connectivity index (χ0n) is 21.8. The molecule has 1 N–H and O–H groups in total. The maximum Gasteiger partial charge on any atom is 0.335 e. The number of aromatic nitrogens is 3. The van der Waals surface area contributed by atoms with Crippen molar-refractivity contribution in [2.45, 2.75) is 32.1 Å². The maximum absolute atomic E-state index is 15.4. The van der Waals surface area contributed by atoms with Crippen LogP contribution < -0.4 is 4.74 Å². The number of hydrogen-bond acceptors (Lipinski definition) is 6. The Balaban J connectivity index is 1.26. The van der Waals surface area contributed by atoms with E-state index in [-0.39, 0.29) is 52.4 Å². The molecule has 0 amide bonds. The van der Waals surface area contributed by atoms with Crippen molar-refractivity contribution in [3.63, 3.8) is 0 Å². The van der Waals surface area contributed by atoms with E-state index in [1.54, 1.807) is 16.7 Å². The minimum absolute atomic E-state index is 0.0343. The summed E-state index contributed by atoms with van der Waals surface area (Å²) in [5.74, 6) is -2.48. The van der Waals surface area contributed by atoms with Crippen molar-refractivity contribution in [1.82, 2.24) is 14.5 Å². The lowest BCUT2D eigenvalue weighted by Gasteiger charge is -2.27. The Hall–Kier alpha value is -4.73. The maximum atomic E-state index is 15.4. The number of imidazole rings is 1. The van der Waals surface area contributed by atoms with Gasteiger partial charge < -0.3 is 19.1 Å². The number of benzene rings is 2. The number of carboxylic acids is 1. The van der Waals surface area contributed by atoms with E-state index >= 15 is 8.78 Å². The third-order valence-electron chi connectivity index (χ3n) is 6.92. The van der Waals surface area contributed by atoms with Crippen LogP contribution in [-0.2, 0) is 24.3 Å². The minimum atomic E-state index is -1.08. The van der Waals surface area contributed by atoms with Crippen molar-refractivity contribution < 1.29 is 32.5 Å². The van der Waals surface area contributed by atoms with Crippen molar-refractivity contribution in [2.75, 3.05) is 6.61 Å². The Morgan fingerprint density at radius 3 is 2.67 bits per heavy atom. The average molecular weight is 591 g/mol. The molecule has 8 nitrogen and oxygen atoms in total. The zero-order chi connectivity index (χ0) is 29.4. The van der Waals surface area contributed by atoms with E-state index in [0.29, 0.717) is 34.9 Å². The monoisotopic (exact) mass is 590 g/mol. The summed E-state index contributed by atoms with van der Waals surface area (Å²) in [5, 5.41) is 9.38. The van der Waals surface area contributed by atoms with Gasteiger partial charge in [0.15, 0.2) is 0 Å².